The van der Waals surface area contributed by atoms with Crippen LogP contribution in [0.1, 0.15) is 18.5 Å². The summed E-state index contributed by atoms with van der Waals surface area (Å²) >= 11 is 0. The fourth-order valence-corrected chi connectivity index (χ4v) is 2.07. The minimum atomic E-state index is -0.249. The first-order valence-electron chi connectivity index (χ1n) is 5.74. The van der Waals surface area contributed by atoms with Crippen molar-refractivity contribution in [1.82, 2.24) is 5.32 Å². The number of fused-ring (bicyclic) bond motifs is 1. The highest BCUT2D eigenvalue weighted by molar-refractivity contribution is 5.71. The molecule has 4 heteroatoms. The molecule has 2 rings (SSSR count). The zero-order valence-corrected chi connectivity index (χ0v) is 10.1. The monoisotopic (exact) mass is 235 g/mol. The van der Waals surface area contributed by atoms with Gasteiger partial charge >= 0.3 is 5.97 Å². The molecule has 0 bridgehead atoms. The molecule has 2 unspecified atom stereocenters. The van der Waals surface area contributed by atoms with Crippen LogP contribution in [0.4, 0.5) is 0 Å². The summed E-state index contributed by atoms with van der Waals surface area (Å²) < 4.78 is 10.3. The number of benzene rings is 1. The summed E-state index contributed by atoms with van der Waals surface area (Å²) in [5.74, 6) is 0.976. The van der Waals surface area contributed by atoms with Crippen LogP contribution in [0.2, 0.25) is 0 Å². The molecule has 0 aromatic heterocycles. The van der Waals surface area contributed by atoms with E-state index in [-0.39, 0.29) is 18.6 Å². The quantitative estimate of drug-likeness (QED) is 0.807. The third-order valence-electron chi connectivity index (χ3n) is 3.02. The smallest absolute Gasteiger partial charge is 0.319 e. The van der Waals surface area contributed by atoms with Crippen molar-refractivity contribution in [3.63, 3.8) is 0 Å². The Hall–Kier alpha value is -1.55. The lowest BCUT2D eigenvalue weighted by Gasteiger charge is -2.31. The third-order valence-corrected chi connectivity index (χ3v) is 3.02. The van der Waals surface area contributed by atoms with Gasteiger partial charge in [0.2, 0.25) is 0 Å². The van der Waals surface area contributed by atoms with Gasteiger partial charge in [-0.05, 0) is 6.07 Å². The van der Waals surface area contributed by atoms with Crippen molar-refractivity contribution < 1.29 is 14.3 Å². The first-order chi connectivity index (χ1) is 8.22. The molecule has 17 heavy (non-hydrogen) atoms. The Labute approximate surface area is 101 Å². The van der Waals surface area contributed by atoms with E-state index in [9.17, 15) is 4.79 Å². The molecule has 92 valence electrons. The highest BCUT2D eigenvalue weighted by Crippen LogP contribution is 2.34. The third kappa shape index (κ3) is 2.58. The molecule has 1 N–H and O–H groups in total. The maximum Gasteiger partial charge on any atom is 0.319 e. The van der Waals surface area contributed by atoms with E-state index < -0.39 is 0 Å². The largest absolute Gasteiger partial charge is 0.493 e. The second kappa shape index (κ2) is 5.19. The lowest BCUT2D eigenvalue weighted by molar-refractivity contribution is -0.139. The van der Waals surface area contributed by atoms with Gasteiger partial charge in [-0.2, -0.15) is 0 Å². The highest BCUT2D eigenvalue weighted by atomic mass is 16.5. The molecule has 2 atom stereocenters. The standard InChI is InChI=1S/C13H17NO3/c1-9-8-17-11-6-4-3-5-10(11)13(9)14-7-12(15)16-2/h3-6,9,13-14H,7-8H2,1-2H3. The lowest BCUT2D eigenvalue weighted by Crippen LogP contribution is -2.36. The molecule has 0 saturated heterocycles. The van der Waals surface area contributed by atoms with Gasteiger partial charge in [-0.3, -0.25) is 10.1 Å². The molecule has 0 spiro atoms. The summed E-state index contributed by atoms with van der Waals surface area (Å²) in [5.41, 5.74) is 1.11. The lowest BCUT2D eigenvalue weighted by atomic mass is 9.92. The second-order valence-electron chi connectivity index (χ2n) is 4.26. The molecule has 0 fully saturated rings. The molecule has 0 aliphatic carbocycles. The molecule has 1 aliphatic heterocycles. The van der Waals surface area contributed by atoms with Crippen molar-refractivity contribution in [2.45, 2.75) is 13.0 Å². The molecule has 1 aromatic rings. The Morgan fingerprint density at radius 1 is 1.53 bits per heavy atom. The summed E-state index contributed by atoms with van der Waals surface area (Å²) in [6, 6.07) is 8.05. The first kappa shape index (κ1) is 11.9. The maximum atomic E-state index is 11.2. The van der Waals surface area contributed by atoms with Crippen LogP contribution in [0.15, 0.2) is 24.3 Å². The molecular weight excluding hydrogens is 218 g/mol. The molecular formula is C13H17NO3. The van der Waals surface area contributed by atoms with Crippen molar-refractivity contribution >= 4 is 5.97 Å². The zero-order valence-electron chi connectivity index (χ0n) is 10.1. The first-order valence-corrected chi connectivity index (χ1v) is 5.74. The van der Waals surface area contributed by atoms with Gasteiger partial charge in [0.1, 0.15) is 5.75 Å². The van der Waals surface area contributed by atoms with E-state index in [0.29, 0.717) is 12.5 Å². The number of para-hydroxylation sites is 1. The summed E-state index contributed by atoms with van der Waals surface area (Å²) in [4.78, 5) is 11.2. The summed E-state index contributed by atoms with van der Waals surface area (Å²) in [6.07, 6.45) is 0. The van der Waals surface area contributed by atoms with Crippen LogP contribution in [0, 0.1) is 5.92 Å². The SMILES string of the molecule is COC(=O)CNC1c2ccccc2OCC1C. The molecule has 1 aromatic carbocycles. The van der Waals surface area contributed by atoms with E-state index in [2.05, 4.69) is 17.0 Å². The average molecular weight is 235 g/mol. The van der Waals surface area contributed by atoms with Gasteiger partial charge in [0, 0.05) is 17.5 Å². The number of rotatable bonds is 3. The molecule has 1 aliphatic rings. The topological polar surface area (TPSA) is 47.6 Å². The minimum Gasteiger partial charge on any atom is -0.493 e. The van der Waals surface area contributed by atoms with Crippen LogP contribution in [0.25, 0.3) is 0 Å². The van der Waals surface area contributed by atoms with Crippen molar-refractivity contribution in [3.8, 4) is 5.75 Å². The normalized spacial score (nSPS) is 22.5. The van der Waals surface area contributed by atoms with Gasteiger partial charge in [0.15, 0.2) is 0 Å². The number of hydrogen-bond donors (Lipinski definition) is 1. The van der Waals surface area contributed by atoms with Crippen LogP contribution in [-0.2, 0) is 9.53 Å². The fraction of sp³-hybridized carbons (Fsp3) is 0.462. The van der Waals surface area contributed by atoms with Crippen molar-refractivity contribution in [3.05, 3.63) is 29.8 Å². The summed E-state index contributed by atoms with van der Waals surface area (Å²) in [7, 11) is 1.39. The van der Waals surface area contributed by atoms with E-state index >= 15 is 0 Å². The Morgan fingerprint density at radius 3 is 3.06 bits per heavy atom. The van der Waals surface area contributed by atoms with Crippen LogP contribution in [0.5, 0.6) is 5.75 Å². The Kier molecular flexibility index (Phi) is 3.64. The number of carbonyl (C=O) groups is 1. The predicted molar refractivity (Wildman–Crippen MR) is 63.9 cm³/mol. The van der Waals surface area contributed by atoms with E-state index in [0.717, 1.165) is 11.3 Å². The van der Waals surface area contributed by atoms with Gasteiger partial charge in [0.05, 0.1) is 20.3 Å². The number of nitrogens with one attached hydrogen (secondary N) is 1. The van der Waals surface area contributed by atoms with Crippen molar-refractivity contribution in [2.75, 3.05) is 20.3 Å². The molecule has 0 saturated carbocycles. The van der Waals surface area contributed by atoms with Gasteiger partial charge in [0.25, 0.3) is 0 Å². The number of methoxy groups -OCH3 is 1. The van der Waals surface area contributed by atoms with Crippen molar-refractivity contribution in [2.24, 2.45) is 5.92 Å². The predicted octanol–water partition coefficient (Wildman–Crippen LogP) is 1.52. The molecule has 0 radical (unpaired) electrons. The van der Waals surface area contributed by atoms with Gasteiger partial charge in [-0.15, -0.1) is 0 Å². The zero-order chi connectivity index (χ0) is 12.3. The Bertz CT molecular complexity index is 405. The van der Waals surface area contributed by atoms with E-state index in [1.807, 2.05) is 24.3 Å². The summed E-state index contributed by atoms with van der Waals surface area (Å²) in [6.45, 7) is 2.99. The fourth-order valence-electron chi connectivity index (χ4n) is 2.07. The number of ether oxygens (including phenoxy) is 2. The van der Waals surface area contributed by atoms with E-state index in [1.54, 1.807) is 0 Å². The minimum absolute atomic E-state index is 0.138. The van der Waals surface area contributed by atoms with Crippen LogP contribution < -0.4 is 10.1 Å². The Morgan fingerprint density at radius 2 is 2.29 bits per heavy atom. The maximum absolute atomic E-state index is 11.2. The number of esters is 1. The van der Waals surface area contributed by atoms with Gasteiger partial charge in [-0.25, -0.2) is 0 Å². The molecule has 4 nitrogen and oxygen atoms in total. The van der Waals surface area contributed by atoms with E-state index in [1.165, 1.54) is 7.11 Å². The summed E-state index contributed by atoms with van der Waals surface area (Å²) in [5, 5.41) is 3.22. The molecule has 0 amide bonds. The van der Waals surface area contributed by atoms with E-state index in [4.69, 9.17) is 4.74 Å². The second-order valence-corrected chi connectivity index (χ2v) is 4.26. The number of hydrogen-bond acceptors (Lipinski definition) is 4. The van der Waals surface area contributed by atoms with Crippen molar-refractivity contribution in [1.29, 1.82) is 0 Å². The number of carbonyl (C=O) groups excluding carboxylic acids is 1. The Balaban J connectivity index is 2.12. The van der Waals surface area contributed by atoms with Crippen LogP contribution in [-0.4, -0.2) is 26.2 Å². The average Bonchev–Trinajstić information content (AvgIpc) is 2.37. The van der Waals surface area contributed by atoms with Gasteiger partial charge < -0.3 is 9.47 Å². The highest BCUT2D eigenvalue weighted by Gasteiger charge is 2.27. The van der Waals surface area contributed by atoms with Gasteiger partial charge in [-0.1, -0.05) is 25.1 Å². The van der Waals surface area contributed by atoms with Crippen LogP contribution >= 0.6 is 0 Å². The molecule has 1 heterocycles. The van der Waals surface area contributed by atoms with Crippen LogP contribution in [0.3, 0.4) is 0 Å².